The van der Waals surface area contributed by atoms with E-state index in [0.29, 0.717) is 31.3 Å². The summed E-state index contributed by atoms with van der Waals surface area (Å²) in [6.07, 6.45) is 0.194. The van der Waals surface area contributed by atoms with Gasteiger partial charge in [-0.15, -0.1) is 0 Å². The normalized spacial score (nSPS) is 12.6. The maximum Gasteiger partial charge on any atom is 0.310 e. The average molecular weight is 342 g/mol. The van der Waals surface area contributed by atoms with E-state index in [0.717, 1.165) is 22.4 Å². The van der Waals surface area contributed by atoms with E-state index < -0.39 is 0 Å². The van der Waals surface area contributed by atoms with E-state index in [1.54, 1.807) is 0 Å². The predicted octanol–water partition coefficient (Wildman–Crippen LogP) is 3.24. The SMILES string of the molecule is Cc1cccc(C)c1OCCOC(=O)Cc1ccc2c(c1)OCCO2. The minimum absolute atomic E-state index is 0.194. The van der Waals surface area contributed by atoms with E-state index in [4.69, 9.17) is 18.9 Å². The molecular weight excluding hydrogens is 320 g/mol. The summed E-state index contributed by atoms with van der Waals surface area (Å²) in [4.78, 5) is 12.0. The van der Waals surface area contributed by atoms with Crippen LogP contribution in [0.1, 0.15) is 16.7 Å². The van der Waals surface area contributed by atoms with E-state index in [1.165, 1.54) is 0 Å². The zero-order chi connectivity index (χ0) is 17.6. The van der Waals surface area contributed by atoms with Crippen molar-refractivity contribution in [2.24, 2.45) is 0 Å². The molecule has 2 aromatic rings. The van der Waals surface area contributed by atoms with E-state index in [2.05, 4.69) is 0 Å². The van der Waals surface area contributed by atoms with Gasteiger partial charge < -0.3 is 18.9 Å². The molecule has 0 bridgehead atoms. The predicted molar refractivity (Wildman–Crippen MR) is 93.5 cm³/mol. The van der Waals surface area contributed by atoms with Crippen LogP contribution in [0.5, 0.6) is 17.2 Å². The number of rotatable bonds is 6. The molecule has 25 heavy (non-hydrogen) atoms. The smallest absolute Gasteiger partial charge is 0.310 e. The number of hydrogen-bond donors (Lipinski definition) is 0. The summed E-state index contributed by atoms with van der Waals surface area (Å²) >= 11 is 0. The Morgan fingerprint density at radius 1 is 1.00 bits per heavy atom. The largest absolute Gasteiger partial charge is 0.489 e. The Balaban J connectivity index is 1.45. The molecule has 0 fully saturated rings. The van der Waals surface area contributed by atoms with Crippen LogP contribution in [0.25, 0.3) is 0 Å². The summed E-state index contributed by atoms with van der Waals surface area (Å²) in [6.45, 7) is 5.62. The average Bonchev–Trinajstić information content (AvgIpc) is 2.60. The Morgan fingerprint density at radius 3 is 2.48 bits per heavy atom. The van der Waals surface area contributed by atoms with Crippen molar-refractivity contribution in [1.29, 1.82) is 0 Å². The van der Waals surface area contributed by atoms with Crippen molar-refractivity contribution in [1.82, 2.24) is 0 Å². The van der Waals surface area contributed by atoms with Gasteiger partial charge in [0.05, 0.1) is 6.42 Å². The first-order valence-corrected chi connectivity index (χ1v) is 8.36. The van der Waals surface area contributed by atoms with E-state index in [1.807, 2.05) is 50.2 Å². The summed E-state index contributed by atoms with van der Waals surface area (Å²) in [5.41, 5.74) is 2.98. The molecule has 5 heteroatoms. The minimum Gasteiger partial charge on any atom is -0.489 e. The van der Waals surface area contributed by atoms with Crippen LogP contribution in [-0.4, -0.2) is 32.4 Å². The number of fused-ring (bicyclic) bond motifs is 1. The second-order valence-electron chi connectivity index (χ2n) is 5.94. The maximum atomic E-state index is 12.0. The third-order valence-electron chi connectivity index (χ3n) is 3.96. The number of hydrogen-bond acceptors (Lipinski definition) is 5. The van der Waals surface area contributed by atoms with E-state index >= 15 is 0 Å². The Morgan fingerprint density at radius 2 is 1.72 bits per heavy atom. The summed E-state index contributed by atoms with van der Waals surface area (Å²) < 4.78 is 22.0. The van der Waals surface area contributed by atoms with Crippen molar-refractivity contribution in [2.45, 2.75) is 20.3 Å². The third kappa shape index (κ3) is 4.44. The van der Waals surface area contributed by atoms with Crippen molar-refractivity contribution in [3.05, 3.63) is 53.1 Å². The van der Waals surface area contributed by atoms with Crippen molar-refractivity contribution in [2.75, 3.05) is 26.4 Å². The van der Waals surface area contributed by atoms with Gasteiger partial charge in [0.25, 0.3) is 0 Å². The van der Waals surface area contributed by atoms with Crippen LogP contribution < -0.4 is 14.2 Å². The van der Waals surface area contributed by atoms with Gasteiger partial charge in [-0.3, -0.25) is 4.79 Å². The maximum absolute atomic E-state index is 12.0. The standard InChI is InChI=1S/C20H22O5/c1-14-4-3-5-15(2)20(14)25-11-10-24-19(21)13-16-6-7-17-18(12-16)23-9-8-22-17/h3-7,12H,8-11,13H2,1-2H3. The first kappa shape index (κ1) is 17.1. The summed E-state index contributed by atoms with van der Waals surface area (Å²) in [5.74, 6) is 1.95. The van der Waals surface area contributed by atoms with E-state index in [-0.39, 0.29) is 19.0 Å². The highest BCUT2D eigenvalue weighted by Crippen LogP contribution is 2.30. The second-order valence-corrected chi connectivity index (χ2v) is 5.94. The van der Waals surface area contributed by atoms with Crippen molar-refractivity contribution in [3.8, 4) is 17.2 Å². The lowest BCUT2D eigenvalue weighted by atomic mass is 10.1. The van der Waals surface area contributed by atoms with Gasteiger partial charge in [-0.1, -0.05) is 24.3 Å². The molecule has 0 N–H and O–H groups in total. The molecule has 0 saturated carbocycles. The molecule has 1 aliphatic heterocycles. The molecule has 1 aliphatic rings. The Bertz CT molecular complexity index is 733. The number of carbonyl (C=O) groups excluding carboxylic acids is 1. The second kappa shape index (κ2) is 7.92. The fourth-order valence-electron chi connectivity index (χ4n) is 2.74. The molecule has 132 valence electrons. The lowest BCUT2D eigenvalue weighted by Crippen LogP contribution is -2.16. The van der Waals surface area contributed by atoms with Crippen molar-refractivity contribution < 1.29 is 23.7 Å². The van der Waals surface area contributed by atoms with Crippen LogP contribution >= 0.6 is 0 Å². The Hall–Kier alpha value is -2.69. The quantitative estimate of drug-likeness (QED) is 0.596. The Labute approximate surface area is 147 Å². The Kier molecular flexibility index (Phi) is 5.43. The van der Waals surface area contributed by atoms with E-state index in [9.17, 15) is 4.79 Å². The molecule has 0 spiro atoms. The molecule has 0 amide bonds. The van der Waals surface area contributed by atoms with Gasteiger partial charge in [0.2, 0.25) is 0 Å². The van der Waals surface area contributed by atoms with Gasteiger partial charge in [-0.05, 0) is 42.7 Å². The number of para-hydroxylation sites is 1. The number of carbonyl (C=O) groups is 1. The minimum atomic E-state index is -0.290. The van der Waals surface area contributed by atoms with Gasteiger partial charge in [0.1, 0.15) is 32.2 Å². The summed E-state index contributed by atoms with van der Waals surface area (Å²) in [6, 6.07) is 11.5. The van der Waals surface area contributed by atoms with Crippen LogP contribution in [0.15, 0.2) is 36.4 Å². The number of ether oxygens (including phenoxy) is 4. The highest BCUT2D eigenvalue weighted by molar-refractivity contribution is 5.73. The molecular formula is C20H22O5. The molecule has 0 radical (unpaired) electrons. The van der Waals surface area contributed by atoms with Gasteiger partial charge in [0.15, 0.2) is 11.5 Å². The lowest BCUT2D eigenvalue weighted by Gasteiger charge is -2.18. The number of benzene rings is 2. The van der Waals surface area contributed by atoms with Gasteiger partial charge in [0, 0.05) is 0 Å². The van der Waals surface area contributed by atoms with Crippen molar-refractivity contribution in [3.63, 3.8) is 0 Å². The third-order valence-corrected chi connectivity index (χ3v) is 3.96. The molecule has 0 aromatic heterocycles. The molecule has 0 aliphatic carbocycles. The topological polar surface area (TPSA) is 54.0 Å². The molecule has 3 rings (SSSR count). The zero-order valence-corrected chi connectivity index (χ0v) is 14.5. The summed E-state index contributed by atoms with van der Waals surface area (Å²) in [5, 5.41) is 0. The number of esters is 1. The van der Waals surface area contributed by atoms with Gasteiger partial charge >= 0.3 is 5.97 Å². The fourth-order valence-corrected chi connectivity index (χ4v) is 2.74. The van der Waals surface area contributed by atoms with Crippen molar-refractivity contribution >= 4 is 5.97 Å². The van der Waals surface area contributed by atoms with Gasteiger partial charge in [-0.25, -0.2) is 0 Å². The summed E-state index contributed by atoms with van der Waals surface area (Å²) in [7, 11) is 0. The van der Waals surface area contributed by atoms with Crippen LogP contribution in [-0.2, 0) is 16.0 Å². The zero-order valence-electron chi connectivity index (χ0n) is 14.5. The van der Waals surface area contributed by atoms with Crippen LogP contribution in [0.2, 0.25) is 0 Å². The molecule has 0 unspecified atom stereocenters. The molecule has 5 nitrogen and oxygen atoms in total. The first-order valence-electron chi connectivity index (χ1n) is 8.36. The first-order chi connectivity index (χ1) is 12.1. The molecule has 2 aromatic carbocycles. The molecule has 0 saturated heterocycles. The highest BCUT2D eigenvalue weighted by atomic mass is 16.6. The lowest BCUT2D eigenvalue weighted by molar-refractivity contribution is -0.143. The monoisotopic (exact) mass is 342 g/mol. The van der Waals surface area contributed by atoms with Gasteiger partial charge in [-0.2, -0.15) is 0 Å². The van der Waals surface area contributed by atoms with Crippen LogP contribution in [0.3, 0.4) is 0 Å². The fraction of sp³-hybridized carbons (Fsp3) is 0.350. The van der Waals surface area contributed by atoms with Crippen LogP contribution in [0, 0.1) is 13.8 Å². The number of aryl methyl sites for hydroxylation is 2. The molecule has 0 atom stereocenters. The highest BCUT2D eigenvalue weighted by Gasteiger charge is 2.13. The molecule has 1 heterocycles. The van der Waals surface area contributed by atoms with Crippen LogP contribution in [0.4, 0.5) is 0 Å².